The number of nitrogens with zero attached hydrogens (tertiary/aromatic N) is 6. The van der Waals surface area contributed by atoms with Crippen LogP contribution in [0, 0.1) is 41.5 Å². The molecule has 6 aromatic heterocycles. The fraction of sp³-hybridized carbons (Fsp3) is 0.284. The minimum absolute atomic E-state index is 0.198. The van der Waals surface area contributed by atoms with Crippen LogP contribution in [-0.4, -0.2) is 135 Å². The molecule has 6 heterocycles. The molecular formula is C109H114Br5F3N12O18. The van der Waals surface area contributed by atoms with E-state index in [9.17, 15) is 70.7 Å². The van der Waals surface area contributed by atoms with E-state index in [1.54, 1.807) is 302 Å². The van der Waals surface area contributed by atoms with Gasteiger partial charge in [0, 0.05) is 69.4 Å². The molecule has 0 unspecified atom stereocenters. The second kappa shape index (κ2) is 52.4. The molecule has 12 aromatic rings. The van der Waals surface area contributed by atoms with Crippen LogP contribution >= 0.6 is 79.6 Å². The summed E-state index contributed by atoms with van der Waals surface area (Å²) in [7, 11) is 0. The molecule has 0 saturated carbocycles. The van der Waals surface area contributed by atoms with E-state index in [0.29, 0.717) is 63.0 Å². The normalized spacial score (nSPS) is 11.2. The molecule has 0 bridgehead atoms. The van der Waals surface area contributed by atoms with Crippen LogP contribution in [0.4, 0.5) is 47.8 Å². The lowest BCUT2D eigenvalue weighted by Gasteiger charge is -2.21. The highest BCUT2D eigenvalue weighted by Gasteiger charge is 2.36. The second-order valence-corrected chi connectivity index (χ2v) is 43.1. The molecule has 0 atom stereocenters. The van der Waals surface area contributed by atoms with Crippen molar-refractivity contribution in [3.05, 3.63) is 348 Å². The minimum atomic E-state index is -4.66. The fourth-order valence-electron chi connectivity index (χ4n) is 12.2. The first-order valence-electron chi connectivity index (χ1n) is 45.2. The first-order chi connectivity index (χ1) is 68.2. The molecule has 147 heavy (non-hydrogen) atoms. The lowest BCUT2D eigenvalue weighted by atomic mass is 10.0. The number of rotatable bonds is 18. The van der Waals surface area contributed by atoms with Gasteiger partial charge in [-0.25, -0.2) is 48.7 Å². The van der Waals surface area contributed by atoms with Crippen molar-refractivity contribution in [2.24, 2.45) is 0 Å². The number of benzene rings is 6. The first kappa shape index (κ1) is 120. The number of amides is 6. The zero-order valence-electron chi connectivity index (χ0n) is 85.3. The molecule has 0 aliphatic carbocycles. The van der Waals surface area contributed by atoms with E-state index in [1.165, 1.54) is 12.3 Å². The van der Waals surface area contributed by atoms with Gasteiger partial charge in [0.25, 0.3) is 35.4 Å². The zero-order chi connectivity index (χ0) is 110. The summed E-state index contributed by atoms with van der Waals surface area (Å²) in [6, 6.07) is 50.9. The van der Waals surface area contributed by atoms with Gasteiger partial charge in [0.1, 0.15) is 56.9 Å². The Bertz CT molecular complexity index is 6720. The number of carbonyl (C=O) groups excluding carboxylic acids is 12. The van der Waals surface area contributed by atoms with Crippen LogP contribution in [-0.2, 0) is 34.6 Å². The Labute approximate surface area is 893 Å². The topological polar surface area (TPSA) is 410 Å². The Morgan fingerprint density at radius 2 is 0.565 bits per heavy atom. The highest BCUT2D eigenvalue weighted by Crippen LogP contribution is 2.34. The number of nitrogens with one attached hydrogen (secondary N) is 6. The van der Waals surface area contributed by atoms with Crippen LogP contribution in [0.1, 0.15) is 288 Å². The number of hydrogen-bond acceptors (Lipinski definition) is 24. The Balaban J connectivity index is 0.000000239. The van der Waals surface area contributed by atoms with E-state index in [0.717, 1.165) is 40.3 Å². The number of ether oxygens (including phenoxy) is 6. The third kappa shape index (κ3) is 41.1. The maximum absolute atomic E-state index is 13.0. The monoisotopic (exact) mass is 2330 g/mol. The Morgan fingerprint density at radius 3 is 0.850 bits per heavy atom. The Kier molecular flexibility index (Phi) is 42.8. The first-order valence-corrected chi connectivity index (χ1v) is 49.2. The number of esters is 6. The third-order valence-corrected chi connectivity index (χ3v) is 21.0. The van der Waals surface area contributed by atoms with Gasteiger partial charge in [-0.3, -0.25) is 38.7 Å². The van der Waals surface area contributed by atoms with Crippen molar-refractivity contribution >= 4 is 186 Å². The van der Waals surface area contributed by atoms with Crippen molar-refractivity contribution in [1.82, 2.24) is 29.9 Å². The van der Waals surface area contributed by atoms with Crippen molar-refractivity contribution in [1.29, 1.82) is 0 Å². The van der Waals surface area contributed by atoms with Crippen molar-refractivity contribution in [3.63, 3.8) is 0 Å². The van der Waals surface area contributed by atoms with Gasteiger partial charge in [0.2, 0.25) is 0 Å². The zero-order valence-corrected chi connectivity index (χ0v) is 93.3. The molecule has 6 amide bonds. The van der Waals surface area contributed by atoms with Gasteiger partial charge in [-0.15, -0.1) is 0 Å². The van der Waals surface area contributed by atoms with E-state index in [2.05, 4.69) is 141 Å². The SMILES string of the molecule is CC(C)(C)OC(=O)c1cc(Br)ccc1C(=O)Nc1cccnc1.Cc1cc(NC(=O)c2ccc(Br)cc2C(=O)OC(C)(C)C)ccn1.Cc1ccc(NC(=O)c2ccc(Br)cc2C(=O)OC(C)(C)C)nc1.Cc1ccc(NC(=O)c2ccc(Br)cc2C(=O)OC(C)(C)C)nc1C.Cc1cccc(NC(=O)c2ccc(Br)cc2C(=O)OC(C)(C)C)n1.Cc1cccc(NC(=O)c2ccc(C(F)(F)F)cc2C(=O)OC(C)(C)C)n1. The van der Waals surface area contributed by atoms with Crippen molar-refractivity contribution in [2.75, 3.05) is 31.9 Å². The number of hydrogen-bond donors (Lipinski definition) is 6. The number of aromatic nitrogens is 6. The molecule has 0 aliphatic rings. The average molecular weight is 2340 g/mol. The van der Waals surface area contributed by atoms with Gasteiger partial charge in [0.05, 0.1) is 84.2 Å². The number of alkyl halides is 3. The van der Waals surface area contributed by atoms with E-state index >= 15 is 0 Å². The quantitative estimate of drug-likeness (QED) is 0.0343. The van der Waals surface area contributed by atoms with Crippen LogP contribution < -0.4 is 31.9 Å². The van der Waals surface area contributed by atoms with Gasteiger partial charge >= 0.3 is 42.0 Å². The fourth-order valence-corrected chi connectivity index (χ4v) is 14.0. The summed E-state index contributed by atoms with van der Waals surface area (Å²) in [4.78, 5) is 175. The average Bonchev–Trinajstić information content (AvgIpc) is 0.795. The van der Waals surface area contributed by atoms with Crippen LogP contribution in [0.15, 0.2) is 241 Å². The van der Waals surface area contributed by atoms with Crippen LogP contribution in [0.2, 0.25) is 0 Å². The molecule has 6 aromatic carbocycles. The molecule has 30 nitrogen and oxygen atoms in total. The smallest absolute Gasteiger partial charge is 0.416 e. The van der Waals surface area contributed by atoms with E-state index in [4.69, 9.17) is 28.4 Å². The number of aryl methyl sites for hydroxylation is 6. The summed E-state index contributed by atoms with van der Waals surface area (Å²) >= 11 is 16.6. The van der Waals surface area contributed by atoms with Gasteiger partial charge in [-0.2, -0.15) is 13.2 Å². The molecule has 0 fully saturated rings. The largest absolute Gasteiger partial charge is 0.456 e. The Hall–Kier alpha value is -14.0. The van der Waals surface area contributed by atoms with Crippen molar-refractivity contribution in [2.45, 2.75) is 206 Å². The summed E-state index contributed by atoms with van der Waals surface area (Å²) in [5.74, 6) is -5.04. The lowest BCUT2D eigenvalue weighted by Crippen LogP contribution is -2.26. The molecule has 0 spiro atoms. The van der Waals surface area contributed by atoms with Gasteiger partial charge in [-0.05, 0) is 347 Å². The molecule has 0 aliphatic heterocycles. The molecule has 0 radical (unpaired) electrons. The van der Waals surface area contributed by atoms with Crippen molar-refractivity contribution < 1.29 is 99.1 Å². The number of pyridine rings is 6. The second-order valence-electron chi connectivity index (χ2n) is 38.5. The minimum Gasteiger partial charge on any atom is -0.456 e. The molecule has 6 N–H and O–H groups in total. The van der Waals surface area contributed by atoms with E-state index < -0.39 is 116 Å². The molecule has 38 heteroatoms. The maximum Gasteiger partial charge on any atom is 0.416 e. The number of halogens is 8. The molecule has 774 valence electrons. The predicted octanol–water partition coefficient (Wildman–Crippen LogP) is 26.4. The Morgan fingerprint density at radius 1 is 0.265 bits per heavy atom. The predicted molar refractivity (Wildman–Crippen MR) is 575 cm³/mol. The molecular weight excluding hydrogens is 2220 g/mol. The summed E-state index contributed by atoms with van der Waals surface area (Å²) < 4.78 is 74.6. The van der Waals surface area contributed by atoms with E-state index in [1.807, 2.05) is 52.8 Å². The molecule has 0 saturated heterocycles. The van der Waals surface area contributed by atoms with Gasteiger partial charge in [-0.1, -0.05) is 104 Å². The summed E-state index contributed by atoms with van der Waals surface area (Å²) in [5.41, 5.74) is 2.54. The van der Waals surface area contributed by atoms with Crippen LogP contribution in [0.3, 0.4) is 0 Å². The number of anilines is 6. The number of carbonyl (C=O) groups is 12. The van der Waals surface area contributed by atoms with Gasteiger partial charge in [0.15, 0.2) is 0 Å². The summed E-state index contributed by atoms with van der Waals surface area (Å²) in [6.07, 6.45) is 1.75. The highest BCUT2D eigenvalue weighted by molar-refractivity contribution is 9.11. The van der Waals surface area contributed by atoms with E-state index in [-0.39, 0.29) is 72.9 Å². The van der Waals surface area contributed by atoms with Crippen molar-refractivity contribution in [3.8, 4) is 0 Å². The van der Waals surface area contributed by atoms with Crippen LogP contribution in [0.5, 0.6) is 0 Å². The standard InChI is InChI=1S/C19H21BrN2O3.C19H19F3N2O3.3C18H19BrN2O3.C17H17BrN2O3/c1-11-6-9-16(21-12(11)2)22-17(23)14-8-7-13(20)10-15(14)18(24)25-19(3,4)5;1-11-6-5-7-15(23-11)24-16(25)13-9-8-12(19(20,21)22)10-14(13)17(26)27-18(2,3)4;1-11-5-8-15(20-10-11)21-16(22)13-7-6-12(19)9-14(13)17(23)24-18(2,3)4;1-11-9-13(7-8-20-11)21-16(22)14-6-5-12(19)10-15(14)17(23)24-18(2,3)4;1-11-6-5-7-15(20-11)21-16(22)13-9-8-12(19)10-14(13)17(23)24-18(2,3)4;1-17(2,3)23-16(22)14-9-11(18)6-7-13(14)15(21)20-12-5-4-8-19-10-12/h6-10H,1-5H3,(H,21,22,23);5-10H,1-4H3,(H,23,24,25);3*5-10H,1-4H3,(H,20,21,22);4-10H,1-3H3,(H,20,21). The molecule has 12 rings (SSSR count). The highest BCUT2D eigenvalue weighted by atomic mass is 79.9. The van der Waals surface area contributed by atoms with Gasteiger partial charge < -0.3 is 60.3 Å². The maximum atomic E-state index is 13.0. The lowest BCUT2D eigenvalue weighted by molar-refractivity contribution is -0.137. The third-order valence-electron chi connectivity index (χ3n) is 18.5. The van der Waals surface area contributed by atoms with Crippen LogP contribution in [0.25, 0.3) is 0 Å². The summed E-state index contributed by atoms with van der Waals surface area (Å²) in [5, 5.41) is 16.1. The summed E-state index contributed by atoms with van der Waals surface area (Å²) in [6.45, 7) is 42.5.